The Morgan fingerprint density at radius 2 is 1.81 bits per heavy atom. The summed E-state index contributed by atoms with van der Waals surface area (Å²) in [5, 5.41) is 13.1. The van der Waals surface area contributed by atoms with E-state index in [0.29, 0.717) is 18.0 Å². The molecule has 2 N–H and O–H groups in total. The van der Waals surface area contributed by atoms with E-state index in [0.717, 1.165) is 0 Å². The highest BCUT2D eigenvalue weighted by molar-refractivity contribution is 4.79. The number of hydrogen-bond donors (Lipinski definition) is 2. The lowest BCUT2D eigenvalue weighted by Gasteiger charge is -2.28. The standard InChI is InChI=1S/C14H29NO/c1-3-8-12(2)14(11-16)15-13-9-6-4-5-7-10-13/h12-16H,3-11H2,1-2H3. The van der Waals surface area contributed by atoms with Crippen molar-refractivity contribution in [2.45, 2.75) is 77.3 Å². The van der Waals surface area contributed by atoms with Crippen LogP contribution in [-0.2, 0) is 0 Å². The van der Waals surface area contributed by atoms with Gasteiger partial charge in [0.1, 0.15) is 0 Å². The second-order valence-corrected chi connectivity index (χ2v) is 5.41. The summed E-state index contributed by atoms with van der Waals surface area (Å²) in [6, 6.07) is 0.960. The predicted octanol–water partition coefficient (Wildman–Crippen LogP) is 3.10. The monoisotopic (exact) mass is 227 g/mol. The van der Waals surface area contributed by atoms with Gasteiger partial charge in [0.2, 0.25) is 0 Å². The summed E-state index contributed by atoms with van der Waals surface area (Å²) in [7, 11) is 0. The molecule has 1 aliphatic rings. The van der Waals surface area contributed by atoms with Gasteiger partial charge in [0.15, 0.2) is 0 Å². The number of hydrogen-bond acceptors (Lipinski definition) is 2. The third-order valence-corrected chi connectivity index (χ3v) is 3.93. The maximum absolute atomic E-state index is 9.46. The molecule has 1 rings (SSSR count). The fourth-order valence-electron chi connectivity index (χ4n) is 2.80. The first-order valence-corrected chi connectivity index (χ1v) is 7.14. The number of aliphatic hydroxyl groups excluding tert-OH is 1. The van der Waals surface area contributed by atoms with Gasteiger partial charge in [-0.2, -0.15) is 0 Å². The van der Waals surface area contributed by atoms with Crippen LogP contribution in [0.15, 0.2) is 0 Å². The van der Waals surface area contributed by atoms with Crippen molar-refractivity contribution in [3.05, 3.63) is 0 Å². The first-order valence-electron chi connectivity index (χ1n) is 7.14. The summed E-state index contributed by atoms with van der Waals surface area (Å²) in [5.41, 5.74) is 0. The molecule has 0 aromatic rings. The van der Waals surface area contributed by atoms with Crippen LogP contribution in [0.1, 0.15) is 65.2 Å². The third kappa shape index (κ3) is 4.84. The van der Waals surface area contributed by atoms with E-state index in [1.54, 1.807) is 0 Å². The average Bonchev–Trinajstić information content (AvgIpc) is 2.54. The normalized spacial score (nSPS) is 22.7. The first kappa shape index (κ1) is 14.0. The molecule has 2 atom stereocenters. The van der Waals surface area contributed by atoms with E-state index in [9.17, 15) is 5.11 Å². The van der Waals surface area contributed by atoms with Crippen molar-refractivity contribution in [3.63, 3.8) is 0 Å². The highest BCUT2D eigenvalue weighted by atomic mass is 16.3. The fraction of sp³-hybridized carbons (Fsp3) is 1.00. The average molecular weight is 227 g/mol. The van der Waals surface area contributed by atoms with Crippen LogP contribution >= 0.6 is 0 Å². The van der Waals surface area contributed by atoms with Gasteiger partial charge in [0.05, 0.1) is 6.61 Å². The zero-order chi connectivity index (χ0) is 11.8. The minimum absolute atomic E-state index is 0.289. The summed E-state index contributed by atoms with van der Waals surface area (Å²) >= 11 is 0. The second-order valence-electron chi connectivity index (χ2n) is 5.41. The van der Waals surface area contributed by atoms with Crippen LogP contribution in [0.5, 0.6) is 0 Å². The molecule has 96 valence electrons. The van der Waals surface area contributed by atoms with Gasteiger partial charge in [-0.25, -0.2) is 0 Å². The number of rotatable bonds is 6. The van der Waals surface area contributed by atoms with Crippen molar-refractivity contribution < 1.29 is 5.11 Å². The second kappa shape index (κ2) is 8.08. The zero-order valence-corrected chi connectivity index (χ0v) is 11.0. The Bertz CT molecular complexity index is 164. The molecule has 1 fully saturated rings. The van der Waals surface area contributed by atoms with Crippen molar-refractivity contribution in [3.8, 4) is 0 Å². The molecular formula is C14H29NO. The molecule has 2 heteroatoms. The van der Waals surface area contributed by atoms with Gasteiger partial charge in [0.25, 0.3) is 0 Å². The topological polar surface area (TPSA) is 32.3 Å². The first-order chi connectivity index (χ1) is 7.77. The van der Waals surface area contributed by atoms with Crippen LogP contribution in [0.25, 0.3) is 0 Å². The van der Waals surface area contributed by atoms with Gasteiger partial charge in [-0.05, 0) is 25.2 Å². The molecule has 2 nitrogen and oxygen atoms in total. The highest BCUT2D eigenvalue weighted by Crippen LogP contribution is 2.19. The summed E-state index contributed by atoms with van der Waals surface area (Å²) in [6.45, 7) is 4.77. The summed E-state index contributed by atoms with van der Waals surface area (Å²) < 4.78 is 0. The van der Waals surface area contributed by atoms with Crippen LogP contribution in [0.3, 0.4) is 0 Å². The molecular weight excluding hydrogens is 198 g/mol. The van der Waals surface area contributed by atoms with E-state index >= 15 is 0 Å². The third-order valence-electron chi connectivity index (χ3n) is 3.93. The molecule has 1 aliphatic carbocycles. The summed E-state index contributed by atoms with van der Waals surface area (Å²) in [5.74, 6) is 0.596. The summed E-state index contributed by atoms with van der Waals surface area (Å²) in [6.07, 6.45) is 10.5. The molecule has 0 bridgehead atoms. The number of nitrogens with one attached hydrogen (secondary N) is 1. The molecule has 0 aromatic carbocycles. The van der Waals surface area contributed by atoms with Gasteiger partial charge in [0, 0.05) is 12.1 Å². The van der Waals surface area contributed by atoms with Crippen LogP contribution < -0.4 is 5.32 Å². The Morgan fingerprint density at radius 3 is 2.31 bits per heavy atom. The zero-order valence-electron chi connectivity index (χ0n) is 11.0. The quantitative estimate of drug-likeness (QED) is 0.683. The Labute approximate surface area is 101 Å². The predicted molar refractivity (Wildman–Crippen MR) is 69.6 cm³/mol. The van der Waals surface area contributed by atoms with E-state index < -0.39 is 0 Å². The van der Waals surface area contributed by atoms with Crippen molar-refractivity contribution >= 4 is 0 Å². The van der Waals surface area contributed by atoms with Gasteiger partial charge in [-0.1, -0.05) is 46.0 Å². The Morgan fingerprint density at radius 1 is 1.19 bits per heavy atom. The molecule has 0 radical (unpaired) electrons. The lowest BCUT2D eigenvalue weighted by molar-refractivity contribution is 0.183. The molecule has 1 saturated carbocycles. The molecule has 0 aliphatic heterocycles. The molecule has 0 saturated heterocycles. The van der Waals surface area contributed by atoms with E-state index in [1.165, 1.54) is 51.4 Å². The smallest absolute Gasteiger partial charge is 0.0587 e. The van der Waals surface area contributed by atoms with Crippen molar-refractivity contribution in [2.75, 3.05) is 6.61 Å². The molecule has 0 aromatic heterocycles. The lowest BCUT2D eigenvalue weighted by atomic mass is 9.95. The Balaban J connectivity index is 2.35. The van der Waals surface area contributed by atoms with Crippen LogP contribution in [0.2, 0.25) is 0 Å². The van der Waals surface area contributed by atoms with Crippen LogP contribution in [-0.4, -0.2) is 23.8 Å². The lowest BCUT2D eigenvalue weighted by Crippen LogP contribution is -2.44. The summed E-state index contributed by atoms with van der Waals surface area (Å²) in [4.78, 5) is 0. The van der Waals surface area contributed by atoms with E-state index in [-0.39, 0.29) is 6.61 Å². The molecule has 0 spiro atoms. The number of aliphatic hydroxyl groups is 1. The van der Waals surface area contributed by atoms with Crippen molar-refractivity contribution in [2.24, 2.45) is 5.92 Å². The molecule has 0 amide bonds. The maximum Gasteiger partial charge on any atom is 0.0587 e. The van der Waals surface area contributed by atoms with Gasteiger partial charge >= 0.3 is 0 Å². The van der Waals surface area contributed by atoms with Crippen molar-refractivity contribution in [1.29, 1.82) is 0 Å². The minimum atomic E-state index is 0.289. The van der Waals surface area contributed by atoms with Gasteiger partial charge in [-0.15, -0.1) is 0 Å². The highest BCUT2D eigenvalue weighted by Gasteiger charge is 2.20. The van der Waals surface area contributed by atoms with Gasteiger partial charge < -0.3 is 10.4 Å². The minimum Gasteiger partial charge on any atom is -0.395 e. The Hall–Kier alpha value is -0.0800. The van der Waals surface area contributed by atoms with E-state index in [2.05, 4.69) is 19.2 Å². The van der Waals surface area contributed by atoms with Crippen LogP contribution in [0, 0.1) is 5.92 Å². The SMILES string of the molecule is CCCC(C)C(CO)NC1CCCCCC1. The van der Waals surface area contributed by atoms with E-state index in [1.807, 2.05) is 0 Å². The van der Waals surface area contributed by atoms with Gasteiger partial charge in [-0.3, -0.25) is 0 Å². The Kier molecular flexibility index (Phi) is 7.06. The van der Waals surface area contributed by atoms with E-state index in [4.69, 9.17) is 0 Å². The largest absolute Gasteiger partial charge is 0.395 e. The molecule has 0 heterocycles. The van der Waals surface area contributed by atoms with Crippen molar-refractivity contribution in [1.82, 2.24) is 5.32 Å². The molecule has 16 heavy (non-hydrogen) atoms. The fourth-order valence-corrected chi connectivity index (χ4v) is 2.80. The maximum atomic E-state index is 9.46. The molecule has 2 unspecified atom stereocenters. The van der Waals surface area contributed by atoms with Crippen LogP contribution in [0.4, 0.5) is 0 Å².